The van der Waals surface area contributed by atoms with Gasteiger partial charge >= 0.3 is 0 Å². The molecule has 0 heterocycles. The largest absolute Gasteiger partial charge is 0.405 e. The molecule has 3 nitrogen and oxygen atoms in total. The number of carbonyl (C=O) groups excluding carboxylic acids is 1. The van der Waals surface area contributed by atoms with Crippen molar-refractivity contribution >= 4 is 6.29 Å². The van der Waals surface area contributed by atoms with Crippen molar-refractivity contribution in [2.45, 2.75) is 19.4 Å². The van der Waals surface area contributed by atoms with Gasteiger partial charge in [-0.15, -0.1) is 0 Å². The van der Waals surface area contributed by atoms with Gasteiger partial charge in [-0.1, -0.05) is 5.57 Å². The van der Waals surface area contributed by atoms with Crippen molar-refractivity contribution in [2.75, 3.05) is 0 Å². The zero-order valence-corrected chi connectivity index (χ0v) is 5.50. The van der Waals surface area contributed by atoms with Crippen molar-refractivity contribution in [3.8, 4) is 0 Å². The Hall–Kier alpha value is -0.830. The first kappa shape index (κ1) is 8.17. The first-order valence-corrected chi connectivity index (χ1v) is 2.79. The Morgan fingerprint density at radius 1 is 1.78 bits per heavy atom. The molecule has 0 spiro atoms. The van der Waals surface area contributed by atoms with Gasteiger partial charge in [-0.05, 0) is 19.5 Å². The second-order valence-electron chi connectivity index (χ2n) is 2.02. The normalized spacial score (nSPS) is 15.1. The third-order valence-electron chi connectivity index (χ3n) is 1.02. The van der Waals surface area contributed by atoms with Gasteiger partial charge < -0.3 is 16.3 Å². The molecule has 0 bridgehead atoms. The third kappa shape index (κ3) is 3.73. The predicted molar refractivity (Wildman–Crippen MR) is 36.6 cm³/mol. The average molecular weight is 128 g/mol. The Kier molecular flexibility index (Phi) is 3.71. The number of hydrogen-bond donors (Lipinski definition) is 2. The molecule has 0 aromatic rings. The maximum Gasteiger partial charge on any atom is 0.137 e. The molecule has 1 unspecified atom stereocenters. The summed E-state index contributed by atoms with van der Waals surface area (Å²) in [6.45, 7) is 1.84. The Morgan fingerprint density at radius 2 is 2.33 bits per heavy atom. The highest BCUT2D eigenvalue weighted by atomic mass is 16.1. The number of rotatable bonds is 3. The van der Waals surface area contributed by atoms with Crippen LogP contribution in [-0.2, 0) is 4.79 Å². The molecule has 0 aliphatic carbocycles. The molecule has 9 heavy (non-hydrogen) atoms. The van der Waals surface area contributed by atoms with Crippen LogP contribution < -0.4 is 11.5 Å². The minimum atomic E-state index is -0.398. The van der Waals surface area contributed by atoms with Gasteiger partial charge in [0, 0.05) is 0 Å². The number of carbonyl (C=O) groups is 1. The van der Waals surface area contributed by atoms with Gasteiger partial charge in [0.15, 0.2) is 0 Å². The first-order valence-electron chi connectivity index (χ1n) is 2.79. The second-order valence-corrected chi connectivity index (χ2v) is 2.02. The molecule has 0 fully saturated rings. The molecule has 0 radical (unpaired) electrons. The number of hydrogen-bond acceptors (Lipinski definition) is 3. The van der Waals surface area contributed by atoms with Crippen molar-refractivity contribution in [3.05, 3.63) is 11.8 Å². The van der Waals surface area contributed by atoms with Crippen LogP contribution in [-0.4, -0.2) is 12.3 Å². The van der Waals surface area contributed by atoms with Crippen molar-refractivity contribution in [3.63, 3.8) is 0 Å². The number of nitrogens with two attached hydrogens (primary N) is 2. The van der Waals surface area contributed by atoms with Crippen LogP contribution in [0.3, 0.4) is 0 Å². The van der Waals surface area contributed by atoms with E-state index >= 15 is 0 Å². The molecule has 0 saturated heterocycles. The van der Waals surface area contributed by atoms with E-state index < -0.39 is 6.04 Å². The molecule has 0 saturated carbocycles. The summed E-state index contributed by atoms with van der Waals surface area (Å²) in [6, 6.07) is -0.398. The van der Waals surface area contributed by atoms with Gasteiger partial charge in [0.1, 0.15) is 6.29 Å². The van der Waals surface area contributed by atoms with Gasteiger partial charge in [-0.2, -0.15) is 0 Å². The Balaban J connectivity index is 3.59. The lowest BCUT2D eigenvalue weighted by atomic mass is 10.1. The van der Waals surface area contributed by atoms with Gasteiger partial charge in [0.2, 0.25) is 0 Å². The standard InChI is InChI=1S/C6H12N2O/c1-5(3-7)2-6(8)4-9/h3-4,6H,2,7-8H2,1H3/b5-3+. The molecule has 52 valence electrons. The smallest absolute Gasteiger partial charge is 0.137 e. The molecule has 3 heteroatoms. The minimum Gasteiger partial charge on any atom is -0.405 e. The fourth-order valence-corrected chi connectivity index (χ4v) is 0.488. The van der Waals surface area contributed by atoms with Crippen molar-refractivity contribution in [1.82, 2.24) is 0 Å². The van der Waals surface area contributed by atoms with E-state index in [9.17, 15) is 4.79 Å². The van der Waals surface area contributed by atoms with Gasteiger partial charge in [-0.3, -0.25) is 0 Å². The van der Waals surface area contributed by atoms with Gasteiger partial charge in [0.25, 0.3) is 0 Å². The predicted octanol–water partition coefficient (Wildman–Crippen LogP) is -0.235. The highest BCUT2D eigenvalue weighted by Gasteiger charge is 1.98. The van der Waals surface area contributed by atoms with Crippen molar-refractivity contribution in [2.24, 2.45) is 11.5 Å². The SMILES string of the molecule is C/C(=C\N)CC(N)C=O. The van der Waals surface area contributed by atoms with Crippen LogP contribution in [0, 0.1) is 0 Å². The van der Waals surface area contributed by atoms with Crippen LogP contribution >= 0.6 is 0 Å². The quantitative estimate of drug-likeness (QED) is 0.515. The molecule has 4 N–H and O–H groups in total. The fraction of sp³-hybridized carbons (Fsp3) is 0.500. The maximum absolute atomic E-state index is 9.96. The lowest BCUT2D eigenvalue weighted by Crippen LogP contribution is -2.21. The Labute approximate surface area is 54.7 Å². The summed E-state index contributed by atoms with van der Waals surface area (Å²) in [6.07, 6.45) is 2.73. The maximum atomic E-state index is 9.96. The van der Waals surface area contributed by atoms with Crippen LogP contribution in [0.2, 0.25) is 0 Å². The zero-order valence-electron chi connectivity index (χ0n) is 5.50. The third-order valence-corrected chi connectivity index (χ3v) is 1.02. The summed E-state index contributed by atoms with van der Waals surface area (Å²) in [4.78, 5) is 9.96. The van der Waals surface area contributed by atoms with E-state index in [0.29, 0.717) is 12.7 Å². The number of aldehydes is 1. The van der Waals surface area contributed by atoms with E-state index in [1.54, 1.807) is 0 Å². The Morgan fingerprint density at radius 3 is 2.67 bits per heavy atom. The monoisotopic (exact) mass is 128 g/mol. The van der Waals surface area contributed by atoms with Crippen molar-refractivity contribution in [1.29, 1.82) is 0 Å². The first-order chi connectivity index (χ1) is 4.20. The molecular formula is C6H12N2O. The van der Waals surface area contributed by atoms with E-state index in [4.69, 9.17) is 11.5 Å². The summed E-state index contributed by atoms with van der Waals surface area (Å²) in [5.41, 5.74) is 11.4. The lowest BCUT2D eigenvalue weighted by Gasteiger charge is -2.00. The van der Waals surface area contributed by atoms with Gasteiger partial charge in [-0.25, -0.2) is 0 Å². The van der Waals surface area contributed by atoms with E-state index in [-0.39, 0.29) is 0 Å². The second kappa shape index (κ2) is 4.09. The molecule has 0 aliphatic heterocycles. The van der Waals surface area contributed by atoms with Crippen LogP contribution in [0.15, 0.2) is 11.8 Å². The minimum absolute atomic E-state index is 0.398. The Bertz CT molecular complexity index is 120. The van der Waals surface area contributed by atoms with E-state index in [2.05, 4.69) is 0 Å². The molecule has 0 aliphatic rings. The van der Waals surface area contributed by atoms with Crippen LogP contribution in [0.1, 0.15) is 13.3 Å². The molecule has 0 aromatic heterocycles. The average Bonchev–Trinajstić information content (AvgIpc) is 1.87. The van der Waals surface area contributed by atoms with Crippen LogP contribution in [0.5, 0.6) is 0 Å². The summed E-state index contributed by atoms with van der Waals surface area (Å²) in [5.74, 6) is 0. The highest BCUT2D eigenvalue weighted by Crippen LogP contribution is 1.97. The van der Waals surface area contributed by atoms with E-state index in [1.807, 2.05) is 6.92 Å². The van der Waals surface area contributed by atoms with Crippen LogP contribution in [0.4, 0.5) is 0 Å². The topological polar surface area (TPSA) is 69.1 Å². The fourth-order valence-electron chi connectivity index (χ4n) is 0.488. The lowest BCUT2D eigenvalue weighted by molar-refractivity contribution is -0.108. The molecule has 0 amide bonds. The molecule has 0 aromatic carbocycles. The zero-order chi connectivity index (χ0) is 7.28. The van der Waals surface area contributed by atoms with Gasteiger partial charge in [0.05, 0.1) is 6.04 Å². The van der Waals surface area contributed by atoms with E-state index in [0.717, 1.165) is 5.57 Å². The summed E-state index contributed by atoms with van der Waals surface area (Å²) >= 11 is 0. The summed E-state index contributed by atoms with van der Waals surface area (Å²) < 4.78 is 0. The molecule has 0 rings (SSSR count). The van der Waals surface area contributed by atoms with E-state index in [1.165, 1.54) is 6.20 Å². The van der Waals surface area contributed by atoms with Crippen molar-refractivity contribution < 1.29 is 4.79 Å². The summed E-state index contributed by atoms with van der Waals surface area (Å²) in [7, 11) is 0. The highest BCUT2D eigenvalue weighted by molar-refractivity contribution is 5.57. The van der Waals surface area contributed by atoms with Crippen LogP contribution in [0.25, 0.3) is 0 Å². The molecule has 1 atom stereocenters. The summed E-state index contributed by atoms with van der Waals surface area (Å²) in [5, 5.41) is 0. The molecular weight excluding hydrogens is 116 g/mol.